The zero-order valence-corrected chi connectivity index (χ0v) is 17.0. The second-order valence-corrected chi connectivity index (χ2v) is 7.45. The molecule has 2 saturated heterocycles. The summed E-state index contributed by atoms with van der Waals surface area (Å²) in [5.41, 5.74) is 0.581. The lowest BCUT2D eigenvalue weighted by Crippen LogP contribution is -2.48. The molecule has 11 nitrogen and oxygen atoms in total. The van der Waals surface area contributed by atoms with E-state index >= 15 is 0 Å². The van der Waals surface area contributed by atoms with Gasteiger partial charge in [0, 0.05) is 44.5 Å². The summed E-state index contributed by atoms with van der Waals surface area (Å²) in [5.74, 6) is 0.816. The van der Waals surface area contributed by atoms with Gasteiger partial charge >= 0.3 is 6.03 Å². The van der Waals surface area contributed by atoms with Gasteiger partial charge < -0.3 is 25.8 Å². The SMILES string of the molecule is O=C1CN(c2ccc(NC(=O)N3CCC(C(=O)Nc4cnccn4)CC3)cn2)CCN1. The number of carbonyl (C=O) groups is 3. The highest BCUT2D eigenvalue weighted by Gasteiger charge is 2.27. The Balaban J connectivity index is 1.25. The predicted molar refractivity (Wildman–Crippen MR) is 113 cm³/mol. The van der Waals surface area contributed by atoms with Crippen LogP contribution in [0.3, 0.4) is 0 Å². The van der Waals surface area contributed by atoms with Crippen molar-refractivity contribution >= 4 is 35.2 Å². The summed E-state index contributed by atoms with van der Waals surface area (Å²) in [6.07, 6.45) is 7.30. The maximum atomic E-state index is 12.6. The Kier molecular flexibility index (Phi) is 6.20. The predicted octanol–water partition coefficient (Wildman–Crippen LogP) is 0.690. The van der Waals surface area contributed by atoms with Gasteiger partial charge in [-0.25, -0.2) is 14.8 Å². The van der Waals surface area contributed by atoms with E-state index < -0.39 is 0 Å². The maximum absolute atomic E-state index is 12.6. The molecule has 0 spiro atoms. The first-order valence-corrected chi connectivity index (χ1v) is 10.2. The fourth-order valence-corrected chi connectivity index (χ4v) is 3.62. The third-order valence-corrected chi connectivity index (χ3v) is 5.33. The second-order valence-electron chi connectivity index (χ2n) is 7.45. The second kappa shape index (κ2) is 9.37. The Labute approximate surface area is 179 Å². The molecule has 4 heterocycles. The molecule has 0 unspecified atom stereocenters. The number of pyridine rings is 1. The average Bonchev–Trinajstić information content (AvgIpc) is 2.80. The molecule has 0 bridgehead atoms. The van der Waals surface area contributed by atoms with Gasteiger partial charge in [-0.2, -0.15) is 0 Å². The molecule has 4 amide bonds. The lowest BCUT2D eigenvalue weighted by atomic mass is 9.96. The molecule has 0 atom stereocenters. The van der Waals surface area contributed by atoms with Crippen LogP contribution < -0.4 is 20.9 Å². The summed E-state index contributed by atoms with van der Waals surface area (Å²) in [7, 11) is 0. The number of likely N-dealkylation sites (tertiary alicyclic amines) is 1. The van der Waals surface area contributed by atoms with E-state index in [9.17, 15) is 14.4 Å². The number of amides is 4. The Bertz CT molecular complexity index is 929. The van der Waals surface area contributed by atoms with Crippen molar-refractivity contribution in [3.63, 3.8) is 0 Å². The summed E-state index contributed by atoms with van der Waals surface area (Å²) in [6.45, 7) is 2.53. The van der Waals surface area contributed by atoms with E-state index in [2.05, 4.69) is 30.9 Å². The third-order valence-electron chi connectivity index (χ3n) is 5.33. The van der Waals surface area contributed by atoms with Crippen molar-refractivity contribution in [2.45, 2.75) is 12.8 Å². The molecular formula is C20H24N8O3. The van der Waals surface area contributed by atoms with E-state index in [-0.39, 0.29) is 30.3 Å². The first kappa shape index (κ1) is 20.5. The van der Waals surface area contributed by atoms with Crippen molar-refractivity contribution in [3.8, 4) is 0 Å². The highest BCUT2D eigenvalue weighted by Crippen LogP contribution is 2.20. The summed E-state index contributed by atoms with van der Waals surface area (Å²) in [4.78, 5) is 52.4. The largest absolute Gasteiger partial charge is 0.353 e. The van der Waals surface area contributed by atoms with E-state index in [0.29, 0.717) is 56.3 Å². The van der Waals surface area contributed by atoms with Crippen LogP contribution in [-0.4, -0.2) is 70.4 Å². The monoisotopic (exact) mass is 424 g/mol. The number of piperidine rings is 1. The van der Waals surface area contributed by atoms with Gasteiger partial charge in [0.15, 0.2) is 5.82 Å². The number of anilines is 3. The van der Waals surface area contributed by atoms with Crippen LogP contribution in [0.5, 0.6) is 0 Å². The minimum atomic E-state index is -0.223. The fourth-order valence-electron chi connectivity index (χ4n) is 3.62. The van der Waals surface area contributed by atoms with Crippen molar-refractivity contribution in [3.05, 3.63) is 36.9 Å². The van der Waals surface area contributed by atoms with E-state index in [1.165, 1.54) is 12.4 Å². The van der Waals surface area contributed by atoms with E-state index in [4.69, 9.17) is 0 Å². The van der Waals surface area contributed by atoms with Gasteiger partial charge in [0.25, 0.3) is 0 Å². The number of carbonyl (C=O) groups excluding carboxylic acids is 3. The van der Waals surface area contributed by atoms with Gasteiger partial charge in [0.1, 0.15) is 5.82 Å². The molecule has 2 aromatic heterocycles. The van der Waals surface area contributed by atoms with Crippen molar-refractivity contribution in [1.29, 1.82) is 0 Å². The Morgan fingerprint density at radius 3 is 2.55 bits per heavy atom. The van der Waals surface area contributed by atoms with Crippen molar-refractivity contribution in [1.82, 2.24) is 25.2 Å². The van der Waals surface area contributed by atoms with Crippen LogP contribution in [0.2, 0.25) is 0 Å². The molecule has 31 heavy (non-hydrogen) atoms. The molecule has 0 radical (unpaired) electrons. The fraction of sp³-hybridized carbons (Fsp3) is 0.400. The average molecular weight is 424 g/mol. The number of hydrogen-bond donors (Lipinski definition) is 3. The minimum Gasteiger partial charge on any atom is -0.353 e. The number of piperazine rings is 1. The lowest BCUT2D eigenvalue weighted by Gasteiger charge is -2.31. The van der Waals surface area contributed by atoms with Gasteiger partial charge in [-0.3, -0.25) is 14.6 Å². The summed E-state index contributed by atoms with van der Waals surface area (Å²) >= 11 is 0. The molecule has 162 valence electrons. The maximum Gasteiger partial charge on any atom is 0.321 e. The first-order valence-electron chi connectivity index (χ1n) is 10.2. The van der Waals surface area contributed by atoms with Crippen LogP contribution in [0.15, 0.2) is 36.9 Å². The number of rotatable bonds is 4. The zero-order valence-electron chi connectivity index (χ0n) is 17.0. The number of nitrogens with zero attached hydrogens (tertiary/aromatic N) is 5. The number of hydrogen-bond acceptors (Lipinski definition) is 7. The van der Waals surface area contributed by atoms with Gasteiger partial charge in [0.05, 0.1) is 24.6 Å². The molecule has 2 fully saturated rings. The molecule has 0 aliphatic carbocycles. The van der Waals surface area contributed by atoms with Gasteiger partial charge in [-0.15, -0.1) is 0 Å². The normalized spacial score (nSPS) is 17.1. The van der Waals surface area contributed by atoms with Crippen LogP contribution in [0.25, 0.3) is 0 Å². The standard InChI is InChI=1S/C20H24N8O3/c29-18-13-28(10-7-23-18)17-2-1-15(11-24-17)25-20(31)27-8-3-14(4-9-27)19(30)26-16-12-21-5-6-22-16/h1-2,5-6,11-12,14H,3-4,7-10,13H2,(H,23,29)(H,25,31)(H,22,26,30). The van der Waals surface area contributed by atoms with E-state index in [0.717, 1.165) is 0 Å². The van der Waals surface area contributed by atoms with E-state index in [1.807, 2.05) is 4.90 Å². The Morgan fingerprint density at radius 2 is 1.87 bits per heavy atom. The van der Waals surface area contributed by atoms with Crippen molar-refractivity contribution in [2.24, 2.45) is 5.92 Å². The van der Waals surface area contributed by atoms with Gasteiger partial charge in [-0.05, 0) is 25.0 Å². The third kappa shape index (κ3) is 5.24. The van der Waals surface area contributed by atoms with Crippen LogP contribution in [0.4, 0.5) is 22.1 Å². The van der Waals surface area contributed by atoms with E-state index in [1.54, 1.807) is 29.4 Å². The Hall–Kier alpha value is -3.76. The van der Waals surface area contributed by atoms with Crippen molar-refractivity contribution < 1.29 is 14.4 Å². The minimum absolute atomic E-state index is 0.0285. The lowest BCUT2D eigenvalue weighted by molar-refractivity contribution is -0.121. The van der Waals surface area contributed by atoms with Crippen LogP contribution in [0, 0.1) is 5.92 Å². The summed E-state index contributed by atoms with van der Waals surface area (Å²) in [6, 6.07) is 3.34. The number of nitrogens with one attached hydrogen (secondary N) is 3. The number of aromatic nitrogens is 3. The quantitative estimate of drug-likeness (QED) is 0.658. The highest BCUT2D eigenvalue weighted by atomic mass is 16.2. The Morgan fingerprint density at radius 1 is 1.03 bits per heavy atom. The highest BCUT2D eigenvalue weighted by molar-refractivity contribution is 5.92. The van der Waals surface area contributed by atoms with Crippen LogP contribution in [0.1, 0.15) is 12.8 Å². The topological polar surface area (TPSA) is 132 Å². The van der Waals surface area contributed by atoms with Crippen molar-refractivity contribution in [2.75, 3.05) is 48.3 Å². The molecule has 2 aliphatic heterocycles. The zero-order chi connectivity index (χ0) is 21.6. The molecule has 3 N–H and O–H groups in total. The molecule has 0 saturated carbocycles. The smallest absolute Gasteiger partial charge is 0.321 e. The van der Waals surface area contributed by atoms with Crippen LogP contribution >= 0.6 is 0 Å². The number of urea groups is 1. The molecular weight excluding hydrogens is 400 g/mol. The molecule has 2 aromatic rings. The summed E-state index contributed by atoms with van der Waals surface area (Å²) < 4.78 is 0. The molecule has 2 aliphatic rings. The van der Waals surface area contributed by atoms with Crippen LogP contribution in [-0.2, 0) is 9.59 Å². The van der Waals surface area contributed by atoms with Gasteiger partial charge in [-0.1, -0.05) is 0 Å². The first-order chi connectivity index (χ1) is 15.1. The molecule has 0 aromatic carbocycles. The molecule has 4 rings (SSSR count). The summed E-state index contributed by atoms with van der Waals surface area (Å²) in [5, 5.41) is 8.38. The van der Waals surface area contributed by atoms with Gasteiger partial charge in [0.2, 0.25) is 11.8 Å². The molecule has 11 heteroatoms.